The van der Waals surface area contributed by atoms with E-state index in [1.54, 1.807) is 0 Å². The molecular weight excluding hydrogens is 320 g/mol. The van der Waals surface area contributed by atoms with Crippen LogP contribution in [0.4, 0.5) is 0 Å². The second-order valence-corrected chi connectivity index (χ2v) is 7.62. The van der Waals surface area contributed by atoms with Gasteiger partial charge in [0.2, 0.25) is 0 Å². The fourth-order valence-corrected chi connectivity index (χ4v) is 4.86. The number of halogens is 1. The first-order chi connectivity index (χ1) is 9.13. The Morgan fingerprint density at radius 1 is 1.47 bits per heavy atom. The van der Waals surface area contributed by atoms with E-state index in [4.69, 9.17) is 0 Å². The first-order valence-electron chi connectivity index (χ1n) is 7.27. The van der Waals surface area contributed by atoms with Crippen LogP contribution in [0.15, 0.2) is 15.9 Å². The van der Waals surface area contributed by atoms with Gasteiger partial charge < -0.3 is 5.32 Å². The zero-order valence-corrected chi connectivity index (χ0v) is 14.6. The Bertz CT molecular complexity index is 391. The molecule has 1 aliphatic heterocycles. The van der Waals surface area contributed by atoms with E-state index in [0.717, 1.165) is 12.5 Å². The molecular formula is C15H25BrN2S. The van der Waals surface area contributed by atoms with Crippen molar-refractivity contribution >= 4 is 27.3 Å². The molecule has 1 aliphatic rings. The second-order valence-electron chi connectivity index (χ2n) is 5.76. The largest absolute Gasteiger partial charge is 0.319 e. The minimum absolute atomic E-state index is 0.575. The van der Waals surface area contributed by atoms with Crippen molar-refractivity contribution in [2.75, 3.05) is 20.1 Å². The fraction of sp³-hybridized carbons (Fsp3) is 0.733. The number of nitrogens with one attached hydrogen (secondary N) is 1. The predicted molar refractivity (Wildman–Crippen MR) is 87.9 cm³/mol. The summed E-state index contributed by atoms with van der Waals surface area (Å²) in [5.41, 5.74) is 0. The van der Waals surface area contributed by atoms with Gasteiger partial charge in [-0.25, -0.2) is 0 Å². The maximum absolute atomic E-state index is 3.61. The highest BCUT2D eigenvalue weighted by atomic mass is 79.9. The van der Waals surface area contributed by atoms with E-state index < -0.39 is 0 Å². The summed E-state index contributed by atoms with van der Waals surface area (Å²) in [4.78, 5) is 4.22. The molecule has 1 fully saturated rings. The molecule has 2 unspecified atom stereocenters. The summed E-state index contributed by atoms with van der Waals surface area (Å²) in [5, 5.41) is 5.61. The average Bonchev–Trinajstić information content (AvgIpc) is 2.67. The lowest BCUT2D eigenvalue weighted by atomic mass is 9.92. The van der Waals surface area contributed by atoms with E-state index >= 15 is 0 Å². The molecule has 1 aromatic heterocycles. The van der Waals surface area contributed by atoms with Crippen LogP contribution < -0.4 is 5.32 Å². The van der Waals surface area contributed by atoms with Gasteiger partial charge in [0.1, 0.15) is 0 Å². The Morgan fingerprint density at radius 3 is 2.84 bits per heavy atom. The minimum atomic E-state index is 0.575. The summed E-state index contributed by atoms with van der Waals surface area (Å²) in [6, 6.07) is 3.51. The van der Waals surface area contributed by atoms with Crippen molar-refractivity contribution in [3.8, 4) is 0 Å². The number of hydrogen-bond acceptors (Lipinski definition) is 3. The van der Waals surface area contributed by atoms with Crippen molar-refractivity contribution in [1.29, 1.82) is 0 Å². The maximum Gasteiger partial charge on any atom is 0.0484 e. The predicted octanol–water partition coefficient (Wildman–Crippen LogP) is 4.28. The Kier molecular flexibility index (Phi) is 5.87. The lowest BCUT2D eigenvalue weighted by Crippen LogP contribution is -2.40. The monoisotopic (exact) mass is 344 g/mol. The van der Waals surface area contributed by atoms with Gasteiger partial charge in [0.25, 0.3) is 0 Å². The molecule has 1 saturated heterocycles. The van der Waals surface area contributed by atoms with Gasteiger partial charge in [0.15, 0.2) is 0 Å². The van der Waals surface area contributed by atoms with Crippen molar-refractivity contribution in [3.63, 3.8) is 0 Å². The number of nitrogens with zero attached hydrogens (tertiary/aromatic N) is 1. The number of thiophene rings is 1. The van der Waals surface area contributed by atoms with E-state index in [9.17, 15) is 0 Å². The molecule has 2 atom stereocenters. The van der Waals surface area contributed by atoms with Crippen LogP contribution in [0.1, 0.15) is 44.0 Å². The van der Waals surface area contributed by atoms with Crippen LogP contribution in [0.2, 0.25) is 0 Å². The van der Waals surface area contributed by atoms with Crippen molar-refractivity contribution in [1.82, 2.24) is 10.2 Å². The molecule has 1 aromatic rings. The SMILES string of the molecule is CNCC1CCCCN(C(C)C)C1c1cc(Br)cs1. The van der Waals surface area contributed by atoms with Crippen LogP contribution in [-0.2, 0) is 0 Å². The molecule has 108 valence electrons. The minimum Gasteiger partial charge on any atom is -0.319 e. The van der Waals surface area contributed by atoms with Crippen molar-refractivity contribution in [3.05, 3.63) is 20.8 Å². The molecule has 2 heterocycles. The summed E-state index contributed by atoms with van der Waals surface area (Å²) < 4.78 is 1.23. The van der Waals surface area contributed by atoms with Crippen LogP contribution in [0.25, 0.3) is 0 Å². The molecule has 4 heteroatoms. The highest BCUT2D eigenvalue weighted by Gasteiger charge is 2.32. The third kappa shape index (κ3) is 3.81. The van der Waals surface area contributed by atoms with Crippen LogP contribution in [0.3, 0.4) is 0 Å². The maximum atomic E-state index is 3.61. The van der Waals surface area contributed by atoms with Crippen molar-refractivity contribution in [2.45, 2.75) is 45.2 Å². The van der Waals surface area contributed by atoms with Gasteiger partial charge >= 0.3 is 0 Å². The Balaban J connectivity index is 2.30. The highest BCUT2D eigenvalue weighted by Crippen LogP contribution is 2.39. The summed E-state index contributed by atoms with van der Waals surface area (Å²) >= 11 is 5.51. The molecule has 1 N–H and O–H groups in total. The molecule has 2 rings (SSSR count). The van der Waals surface area contributed by atoms with Gasteiger partial charge in [0, 0.05) is 26.8 Å². The Morgan fingerprint density at radius 2 is 2.26 bits per heavy atom. The highest BCUT2D eigenvalue weighted by molar-refractivity contribution is 9.10. The number of hydrogen-bond donors (Lipinski definition) is 1. The van der Waals surface area contributed by atoms with Gasteiger partial charge in [0.05, 0.1) is 0 Å². The third-order valence-electron chi connectivity index (χ3n) is 4.05. The number of likely N-dealkylation sites (tertiary alicyclic amines) is 1. The summed E-state index contributed by atoms with van der Waals surface area (Å²) in [6.45, 7) is 7.01. The van der Waals surface area contributed by atoms with E-state index in [2.05, 4.69) is 58.5 Å². The summed E-state index contributed by atoms with van der Waals surface area (Å²) in [6.07, 6.45) is 4.03. The molecule has 0 aromatic carbocycles. The molecule has 0 spiro atoms. The molecule has 0 radical (unpaired) electrons. The van der Waals surface area contributed by atoms with E-state index in [1.807, 2.05) is 11.3 Å². The van der Waals surface area contributed by atoms with Gasteiger partial charge in [-0.2, -0.15) is 0 Å². The molecule has 19 heavy (non-hydrogen) atoms. The molecule has 0 aliphatic carbocycles. The second kappa shape index (κ2) is 7.21. The third-order valence-corrected chi connectivity index (χ3v) is 5.82. The lowest BCUT2D eigenvalue weighted by molar-refractivity contribution is 0.121. The van der Waals surface area contributed by atoms with Crippen LogP contribution >= 0.6 is 27.3 Å². The average molecular weight is 345 g/mol. The standard InChI is InChI=1S/C15H25BrN2S/c1-11(2)18-7-5-4-6-12(9-17-3)15(18)14-8-13(16)10-19-14/h8,10-12,15,17H,4-7,9H2,1-3H3. The molecule has 0 saturated carbocycles. The lowest BCUT2D eigenvalue weighted by Gasteiger charge is -2.37. The zero-order valence-electron chi connectivity index (χ0n) is 12.2. The van der Waals surface area contributed by atoms with Gasteiger partial charge in [-0.05, 0) is 74.7 Å². The zero-order chi connectivity index (χ0) is 13.8. The first kappa shape index (κ1) is 15.5. The first-order valence-corrected chi connectivity index (χ1v) is 8.95. The fourth-order valence-electron chi connectivity index (χ4n) is 3.20. The molecule has 2 nitrogen and oxygen atoms in total. The van der Waals surface area contributed by atoms with Crippen molar-refractivity contribution < 1.29 is 0 Å². The van der Waals surface area contributed by atoms with E-state index in [1.165, 1.54) is 35.2 Å². The Hall–Kier alpha value is 0.1000. The van der Waals surface area contributed by atoms with E-state index in [-0.39, 0.29) is 0 Å². The molecule has 0 amide bonds. The van der Waals surface area contributed by atoms with Gasteiger partial charge in [-0.1, -0.05) is 6.42 Å². The summed E-state index contributed by atoms with van der Waals surface area (Å²) in [7, 11) is 2.08. The van der Waals surface area contributed by atoms with Crippen LogP contribution in [0, 0.1) is 5.92 Å². The van der Waals surface area contributed by atoms with Crippen molar-refractivity contribution in [2.24, 2.45) is 5.92 Å². The topological polar surface area (TPSA) is 15.3 Å². The van der Waals surface area contributed by atoms with Gasteiger partial charge in [-0.15, -0.1) is 11.3 Å². The van der Waals surface area contributed by atoms with E-state index in [0.29, 0.717) is 12.1 Å². The van der Waals surface area contributed by atoms with Crippen LogP contribution in [0.5, 0.6) is 0 Å². The summed E-state index contributed by atoms with van der Waals surface area (Å²) in [5.74, 6) is 0.723. The Labute approximate surface area is 129 Å². The van der Waals surface area contributed by atoms with Crippen LogP contribution in [-0.4, -0.2) is 31.1 Å². The smallest absolute Gasteiger partial charge is 0.0484 e. The number of rotatable bonds is 4. The van der Waals surface area contributed by atoms with Gasteiger partial charge in [-0.3, -0.25) is 4.90 Å². The molecule has 0 bridgehead atoms. The quantitative estimate of drug-likeness (QED) is 0.876. The normalized spacial score (nSPS) is 25.7.